The van der Waals surface area contributed by atoms with Crippen LogP contribution >= 0.6 is 11.6 Å². The zero-order chi connectivity index (χ0) is 16.9. The number of carbonyl (C=O) groups excluding carboxylic acids is 1. The van der Waals surface area contributed by atoms with Gasteiger partial charge in [-0.3, -0.25) is 4.79 Å². The van der Waals surface area contributed by atoms with Crippen LogP contribution in [-0.2, 0) is 0 Å². The Morgan fingerprint density at radius 3 is 2.25 bits per heavy atom. The van der Waals surface area contributed by atoms with Crippen LogP contribution in [0.15, 0.2) is 72.9 Å². The van der Waals surface area contributed by atoms with Crippen LogP contribution in [-0.4, -0.2) is 17.9 Å². The van der Waals surface area contributed by atoms with Gasteiger partial charge in [0.2, 0.25) is 0 Å². The van der Waals surface area contributed by atoms with Crippen LogP contribution in [0, 0.1) is 0 Å². The number of pyridine rings is 1. The molecule has 0 atom stereocenters. The number of amides is 1. The maximum absolute atomic E-state index is 12.5. The van der Waals surface area contributed by atoms with E-state index in [4.69, 9.17) is 11.6 Å². The lowest BCUT2D eigenvalue weighted by Gasteiger charge is -2.16. The molecule has 0 spiro atoms. The second kappa shape index (κ2) is 7.15. The Morgan fingerprint density at radius 1 is 0.958 bits per heavy atom. The van der Waals surface area contributed by atoms with Gasteiger partial charge in [-0.2, -0.15) is 0 Å². The number of anilines is 3. The number of carbonyl (C=O) groups is 1. The van der Waals surface area contributed by atoms with Crippen LogP contribution in [0.5, 0.6) is 0 Å². The van der Waals surface area contributed by atoms with Crippen molar-refractivity contribution in [1.82, 2.24) is 4.98 Å². The number of hydrogen-bond acceptors (Lipinski definition) is 3. The van der Waals surface area contributed by atoms with Crippen LogP contribution in [0.1, 0.15) is 10.5 Å². The van der Waals surface area contributed by atoms with Crippen LogP contribution in [0.25, 0.3) is 0 Å². The van der Waals surface area contributed by atoms with Crippen LogP contribution in [0.4, 0.5) is 17.1 Å². The molecule has 0 aliphatic rings. The lowest BCUT2D eigenvalue weighted by Crippen LogP contribution is -2.26. The molecule has 1 heterocycles. The van der Waals surface area contributed by atoms with Crippen molar-refractivity contribution in [3.8, 4) is 0 Å². The first-order valence-electron chi connectivity index (χ1n) is 7.45. The number of hydrogen-bond donors (Lipinski definition) is 1. The highest BCUT2D eigenvalue weighted by molar-refractivity contribution is 6.30. The number of nitrogens with zero attached hydrogens (tertiary/aromatic N) is 2. The summed E-state index contributed by atoms with van der Waals surface area (Å²) in [5.41, 5.74) is 2.92. The zero-order valence-corrected chi connectivity index (χ0v) is 13.9. The van der Waals surface area contributed by atoms with E-state index in [0.29, 0.717) is 10.7 Å². The van der Waals surface area contributed by atoms with Gasteiger partial charge in [-0.05, 0) is 48.5 Å². The average Bonchev–Trinajstić information content (AvgIpc) is 2.64. The summed E-state index contributed by atoms with van der Waals surface area (Å²) >= 11 is 5.87. The fraction of sp³-hybridized carbons (Fsp3) is 0.0526. The third-order valence-corrected chi connectivity index (χ3v) is 3.82. The molecule has 3 aromatic rings. The minimum atomic E-state index is -0.153. The summed E-state index contributed by atoms with van der Waals surface area (Å²) in [6.45, 7) is 0. The largest absolute Gasteiger partial charge is 0.354 e. The number of benzene rings is 2. The molecule has 4 nitrogen and oxygen atoms in total. The highest BCUT2D eigenvalue weighted by Gasteiger charge is 2.14. The molecule has 1 aromatic heterocycles. The fourth-order valence-corrected chi connectivity index (χ4v) is 2.36. The molecule has 1 N–H and O–H groups in total. The number of nitrogens with one attached hydrogen (secondary N) is 1. The molecule has 24 heavy (non-hydrogen) atoms. The Morgan fingerprint density at radius 2 is 1.62 bits per heavy atom. The van der Waals surface area contributed by atoms with Gasteiger partial charge in [0.15, 0.2) is 0 Å². The fourth-order valence-electron chi connectivity index (χ4n) is 2.23. The minimum Gasteiger partial charge on any atom is -0.354 e. The monoisotopic (exact) mass is 337 g/mol. The minimum absolute atomic E-state index is 0.153. The Labute approximate surface area is 145 Å². The Bertz CT molecular complexity index is 817. The Balaban J connectivity index is 1.72. The number of halogens is 1. The van der Waals surface area contributed by atoms with Crippen molar-refractivity contribution in [1.29, 1.82) is 0 Å². The topological polar surface area (TPSA) is 45.2 Å². The normalized spacial score (nSPS) is 10.2. The van der Waals surface area contributed by atoms with Crippen LogP contribution < -0.4 is 10.2 Å². The summed E-state index contributed by atoms with van der Waals surface area (Å²) in [6.07, 6.45) is 1.64. The molecule has 1 amide bonds. The molecule has 2 aromatic carbocycles. The van der Waals surface area contributed by atoms with E-state index in [1.807, 2.05) is 60.7 Å². The molecule has 0 fully saturated rings. The summed E-state index contributed by atoms with van der Waals surface area (Å²) in [6, 6.07) is 20.4. The summed E-state index contributed by atoms with van der Waals surface area (Å²) < 4.78 is 0. The van der Waals surface area contributed by atoms with Gasteiger partial charge in [0.25, 0.3) is 5.91 Å². The summed E-state index contributed by atoms with van der Waals surface area (Å²) in [4.78, 5) is 18.3. The summed E-state index contributed by atoms with van der Waals surface area (Å²) in [5, 5.41) is 3.90. The quantitative estimate of drug-likeness (QED) is 0.746. The molecule has 0 saturated heterocycles. The molecule has 0 aliphatic carbocycles. The smallest absolute Gasteiger partial charge is 0.276 e. The first kappa shape index (κ1) is 16.0. The third-order valence-electron chi connectivity index (χ3n) is 3.56. The highest BCUT2D eigenvalue weighted by atomic mass is 35.5. The van der Waals surface area contributed by atoms with Gasteiger partial charge < -0.3 is 10.2 Å². The van der Waals surface area contributed by atoms with Crippen molar-refractivity contribution in [2.45, 2.75) is 0 Å². The van der Waals surface area contributed by atoms with Crippen molar-refractivity contribution >= 4 is 34.6 Å². The SMILES string of the molecule is CN(C(=O)c1ccc(Nc2ccc(Cl)cc2)cn1)c1ccccc1. The van der Waals surface area contributed by atoms with E-state index in [-0.39, 0.29) is 5.91 Å². The van der Waals surface area contributed by atoms with Gasteiger partial charge in [-0.25, -0.2) is 4.98 Å². The maximum atomic E-state index is 12.5. The zero-order valence-electron chi connectivity index (χ0n) is 13.1. The first-order chi connectivity index (χ1) is 11.6. The standard InChI is InChI=1S/C19H16ClN3O/c1-23(17-5-3-2-4-6-17)19(24)18-12-11-16(13-21-18)22-15-9-7-14(20)8-10-15/h2-13,22H,1H3. The Kier molecular flexibility index (Phi) is 4.77. The molecular formula is C19H16ClN3O. The van der Waals surface area contributed by atoms with E-state index in [9.17, 15) is 4.79 Å². The number of aromatic nitrogens is 1. The second-order valence-corrected chi connectivity index (χ2v) is 5.70. The van der Waals surface area contributed by atoms with E-state index < -0.39 is 0 Å². The molecule has 120 valence electrons. The van der Waals surface area contributed by atoms with Crippen molar-refractivity contribution in [3.63, 3.8) is 0 Å². The van der Waals surface area contributed by atoms with Crippen molar-refractivity contribution in [2.75, 3.05) is 17.3 Å². The maximum Gasteiger partial charge on any atom is 0.276 e. The van der Waals surface area contributed by atoms with Gasteiger partial charge >= 0.3 is 0 Å². The second-order valence-electron chi connectivity index (χ2n) is 5.26. The first-order valence-corrected chi connectivity index (χ1v) is 7.83. The number of rotatable bonds is 4. The molecule has 0 aliphatic heterocycles. The van der Waals surface area contributed by atoms with Gasteiger partial charge in [-0.15, -0.1) is 0 Å². The lowest BCUT2D eigenvalue weighted by atomic mass is 10.2. The van der Waals surface area contributed by atoms with E-state index in [2.05, 4.69) is 10.3 Å². The van der Waals surface area contributed by atoms with Crippen LogP contribution in [0.2, 0.25) is 5.02 Å². The Hall–Kier alpha value is -2.85. The predicted octanol–water partition coefficient (Wildman–Crippen LogP) is 4.76. The molecule has 3 rings (SSSR count). The molecule has 5 heteroatoms. The molecule has 0 saturated carbocycles. The average molecular weight is 338 g/mol. The molecular weight excluding hydrogens is 322 g/mol. The van der Waals surface area contributed by atoms with E-state index >= 15 is 0 Å². The van der Waals surface area contributed by atoms with E-state index in [1.54, 1.807) is 24.2 Å². The van der Waals surface area contributed by atoms with Gasteiger partial charge in [0, 0.05) is 23.4 Å². The molecule has 0 radical (unpaired) electrons. The van der Waals surface area contributed by atoms with E-state index in [1.165, 1.54) is 0 Å². The summed E-state index contributed by atoms with van der Waals surface area (Å²) in [5.74, 6) is -0.153. The van der Waals surface area contributed by atoms with Crippen molar-refractivity contribution < 1.29 is 4.79 Å². The van der Waals surface area contributed by atoms with Gasteiger partial charge in [0.1, 0.15) is 5.69 Å². The summed E-state index contributed by atoms with van der Waals surface area (Å²) in [7, 11) is 1.74. The third kappa shape index (κ3) is 3.73. The van der Waals surface area contributed by atoms with Crippen molar-refractivity contribution in [3.05, 3.63) is 83.6 Å². The molecule has 0 bridgehead atoms. The van der Waals surface area contributed by atoms with Crippen LogP contribution in [0.3, 0.4) is 0 Å². The highest BCUT2D eigenvalue weighted by Crippen LogP contribution is 2.19. The molecule has 0 unspecified atom stereocenters. The number of para-hydroxylation sites is 1. The van der Waals surface area contributed by atoms with Gasteiger partial charge in [0.05, 0.1) is 11.9 Å². The van der Waals surface area contributed by atoms with Gasteiger partial charge in [-0.1, -0.05) is 29.8 Å². The van der Waals surface area contributed by atoms with Crippen molar-refractivity contribution in [2.24, 2.45) is 0 Å². The predicted molar refractivity (Wildman–Crippen MR) is 98.1 cm³/mol. The van der Waals surface area contributed by atoms with E-state index in [0.717, 1.165) is 17.1 Å². The lowest BCUT2D eigenvalue weighted by molar-refractivity contribution is 0.0988.